The standard InChI is InChI=1S/C18H27N3O4/c1-18(2,3)25-17(23)21-11-9-20(10-12-21)14-8-6-7-13(15(14)19-4)16(22)24-5/h6-8,19H,9-12H2,1-5H3. The number of carbonyl (C=O) groups is 2. The van der Waals surface area contributed by atoms with E-state index < -0.39 is 5.60 Å². The molecular formula is C18H27N3O4. The number of para-hydroxylation sites is 1. The van der Waals surface area contributed by atoms with Crippen LogP contribution in [-0.4, -0.2) is 62.9 Å². The van der Waals surface area contributed by atoms with Crippen LogP contribution in [-0.2, 0) is 9.47 Å². The lowest BCUT2D eigenvalue weighted by atomic mass is 10.1. The second-order valence-electron chi connectivity index (χ2n) is 6.90. The Kier molecular flexibility index (Phi) is 5.77. The molecule has 1 N–H and O–H groups in total. The number of nitrogens with zero attached hydrogens (tertiary/aromatic N) is 2. The molecule has 0 aromatic heterocycles. The Bertz CT molecular complexity index is 632. The van der Waals surface area contributed by atoms with Crippen LogP contribution in [0, 0.1) is 0 Å². The number of benzene rings is 1. The van der Waals surface area contributed by atoms with E-state index in [4.69, 9.17) is 9.47 Å². The summed E-state index contributed by atoms with van der Waals surface area (Å²) in [7, 11) is 3.15. The molecule has 1 amide bonds. The number of nitrogens with one attached hydrogen (secondary N) is 1. The van der Waals surface area contributed by atoms with Gasteiger partial charge in [-0.3, -0.25) is 0 Å². The molecule has 138 valence electrons. The third-order valence-corrected chi connectivity index (χ3v) is 3.97. The molecule has 2 rings (SSSR count). The fourth-order valence-electron chi connectivity index (χ4n) is 2.80. The number of hydrogen-bond donors (Lipinski definition) is 1. The molecule has 1 fully saturated rings. The molecule has 0 unspecified atom stereocenters. The number of methoxy groups -OCH3 is 1. The van der Waals surface area contributed by atoms with Gasteiger partial charge in [0, 0.05) is 33.2 Å². The average molecular weight is 349 g/mol. The third kappa shape index (κ3) is 4.55. The first-order valence-electron chi connectivity index (χ1n) is 8.39. The zero-order valence-electron chi connectivity index (χ0n) is 15.6. The van der Waals surface area contributed by atoms with Crippen LogP contribution in [0.2, 0.25) is 0 Å². The van der Waals surface area contributed by atoms with Crippen molar-refractivity contribution in [2.45, 2.75) is 26.4 Å². The van der Waals surface area contributed by atoms with Gasteiger partial charge in [-0.1, -0.05) is 6.07 Å². The van der Waals surface area contributed by atoms with Crippen molar-refractivity contribution in [3.63, 3.8) is 0 Å². The van der Waals surface area contributed by atoms with Crippen LogP contribution >= 0.6 is 0 Å². The van der Waals surface area contributed by atoms with Gasteiger partial charge in [0.05, 0.1) is 24.0 Å². The molecule has 7 heteroatoms. The molecule has 0 aliphatic carbocycles. The Balaban J connectivity index is 2.11. The van der Waals surface area contributed by atoms with Crippen LogP contribution in [0.25, 0.3) is 0 Å². The largest absolute Gasteiger partial charge is 0.465 e. The van der Waals surface area contributed by atoms with E-state index in [1.807, 2.05) is 32.9 Å². The van der Waals surface area contributed by atoms with Crippen molar-refractivity contribution in [2.24, 2.45) is 0 Å². The number of amides is 1. The summed E-state index contributed by atoms with van der Waals surface area (Å²) in [5.74, 6) is -0.376. The first-order valence-corrected chi connectivity index (χ1v) is 8.39. The van der Waals surface area contributed by atoms with E-state index in [0.29, 0.717) is 31.7 Å². The van der Waals surface area contributed by atoms with Crippen molar-refractivity contribution in [2.75, 3.05) is 50.6 Å². The number of esters is 1. The summed E-state index contributed by atoms with van der Waals surface area (Å²) in [6.45, 7) is 8.05. The fourth-order valence-corrected chi connectivity index (χ4v) is 2.80. The normalized spacial score (nSPS) is 14.9. The summed E-state index contributed by atoms with van der Waals surface area (Å²) in [5.41, 5.74) is 1.66. The predicted octanol–water partition coefficient (Wildman–Crippen LogP) is 2.57. The van der Waals surface area contributed by atoms with Gasteiger partial charge in [-0.05, 0) is 32.9 Å². The van der Waals surface area contributed by atoms with Crippen molar-refractivity contribution in [3.05, 3.63) is 23.8 Å². The van der Waals surface area contributed by atoms with Gasteiger partial charge < -0.3 is 24.6 Å². The number of ether oxygens (including phenoxy) is 2. The summed E-state index contributed by atoms with van der Waals surface area (Å²) in [5, 5.41) is 3.09. The van der Waals surface area contributed by atoms with Crippen molar-refractivity contribution in [1.82, 2.24) is 4.90 Å². The lowest BCUT2D eigenvalue weighted by molar-refractivity contribution is 0.0240. The van der Waals surface area contributed by atoms with E-state index in [1.54, 1.807) is 18.0 Å². The maximum absolute atomic E-state index is 12.2. The van der Waals surface area contributed by atoms with Crippen LogP contribution in [0.5, 0.6) is 0 Å². The number of carbonyl (C=O) groups excluding carboxylic acids is 2. The second-order valence-corrected chi connectivity index (χ2v) is 6.90. The summed E-state index contributed by atoms with van der Waals surface area (Å²) in [4.78, 5) is 28.0. The van der Waals surface area contributed by atoms with E-state index in [-0.39, 0.29) is 12.1 Å². The van der Waals surface area contributed by atoms with E-state index in [1.165, 1.54) is 7.11 Å². The molecule has 1 heterocycles. The molecule has 1 saturated heterocycles. The zero-order chi connectivity index (χ0) is 18.6. The fraction of sp³-hybridized carbons (Fsp3) is 0.556. The van der Waals surface area contributed by atoms with Gasteiger partial charge in [-0.25, -0.2) is 9.59 Å². The van der Waals surface area contributed by atoms with E-state index >= 15 is 0 Å². The molecule has 1 aliphatic heterocycles. The summed E-state index contributed by atoms with van der Waals surface area (Å²) in [6.07, 6.45) is -0.288. The number of hydrogen-bond acceptors (Lipinski definition) is 6. The van der Waals surface area contributed by atoms with Crippen molar-refractivity contribution >= 4 is 23.4 Å². The molecule has 0 radical (unpaired) electrons. The van der Waals surface area contributed by atoms with Gasteiger partial charge in [-0.15, -0.1) is 0 Å². The second kappa shape index (κ2) is 7.63. The van der Waals surface area contributed by atoms with Gasteiger partial charge >= 0.3 is 12.1 Å². The smallest absolute Gasteiger partial charge is 0.410 e. The van der Waals surface area contributed by atoms with Crippen molar-refractivity contribution in [1.29, 1.82) is 0 Å². The average Bonchev–Trinajstić information content (AvgIpc) is 2.59. The minimum Gasteiger partial charge on any atom is -0.465 e. The highest BCUT2D eigenvalue weighted by molar-refractivity contribution is 5.99. The summed E-state index contributed by atoms with van der Waals surface area (Å²) < 4.78 is 10.3. The van der Waals surface area contributed by atoms with Crippen molar-refractivity contribution < 1.29 is 19.1 Å². The molecule has 0 bridgehead atoms. The van der Waals surface area contributed by atoms with E-state index in [2.05, 4.69) is 10.2 Å². The van der Waals surface area contributed by atoms with Crippen molar-refractivity contribution in [3.8, 4) is 0 Å². The van der Waals surface area contributed by atoms with Gasteiger partial charge in [0.15, 0.2) is 0 Å². The quantitative estimate of drug-likeness (QED) is 0.846. The first-order chi connectivity index (χ1) is 11.8. The lowest BCUT2D eigenvalue weighted by Crippen LogP contribution is -2.50. The Morgan fingerprint density at radius 2 is 1.76 bits per heavy atom. The highest BCUT2D eigenvalue weighted by Crippen LogP contribution is 2.30. The minimum atomic E-state index is -0.498. The van der Waals surface area contributed by atoms with Gasteiger partial charge in [-0.2, -0.15) is 0 Å². The van der Waals surface area contributed by atoms with Gasteiger partial charge in [0.2, 0.25) is 0 Å². The van der Waals surface area contributed by atoms with Crippen LogP contribution in [0.1, 0.15) is 31.1 Å². The summed E-state index contributed by atoms with van der Waals surface area (Å²) in [6, 6.07) is 5.53. The molecule has 0 atom stereocenters. The molecule has 1 aromatic carbocycles. The molecule has 0 saturated carbocycles. The molecular weight excluding hydrogens is 322 g/mol. The van der Waals surface area contributed by atoms with Crippen LogP contribution in [0.15, 0.2) is 18.2 Å². The maximum Gasteiger partial charge on any atom is 0.410 e. The highest BCUT2D eigenvalue weighted by Gasteiger charge is 2.27. The topological polar surface area (TPSA) is 71.1 Å². The molecule has 1 aromatic rings. The molecule has 1 aliphatic rings. The maximum atomic E-state index is 12.2. The Labute approximate surface area is 148 Å². The van der Waals surface area contributed by atoms with Crippen LogP contribution in [0.4, 0.5) is 16.2 Å². The first kappa shape index (κ1) is 18.9. The Morgan fingerprint density at radius 1 is 1.12 bits per heavy atom. The van der Waals surface area contributed by atoms with E-state index in [9.17, 15) is 9.59 Å². The minimum absolute atomic E-state index is 0.288. The molecule has 7 nitrogen and oxygen atoms in total. The predicted molar refractivity (Wildman–Crippen MR) is 97.3 cm³/mol. The van der Waals surface area contributed by atoms with Gasteiger partial charge in [0.25, 0.3) is 0 Å². The third-order valence-electron chi connectivity index (χ3n) is 3.97. The van der Waals surface area contributed by atoms with Crippen LogP contribution < -0.4 is 10.2 Å². The lowest BCUT2D eigenvalue weighted by Gasteiger charge is -2.37. The Morgan fingerprint density at radius 3 is 2.28 bits per heavy atom. The van der Waals surface area contributed by atoms with Crippen LogP contribution in [0.3, 0.4) is 0 Å². The van der Waals surface area contributed by atoms with E-state index in [0.717, 1.165) is 11.4 Å². The number of rotatable bonds is 3. The highest BCUT2D eigenvalue weighted by atomic mass is 16.6. The van der Waals surface area contributed by atoms with Gasteiger partial charge in [0.1, 0.15) is 5.60 Å². The molecule has 25 heavy (non-hydrogen) atoms. The molecule has 0 spiro atoms. The monoisotopic (exact) mass is 349 g/mol. The zero-order valence-corrected chi connectivity index (χ0v) is 15.6. The summed E-state index contributed by atoms with van der Waals surface area (Å²) >= 11 is 0. The number of anilines is 2. The number of piperazine rings is 1. The Hall–Kier alpha value is -2.44. The SMILES string of the molecule is CNc1c(C(=O)OC)cccc1N1CCN(C(=O)OC(C)(C)C)CC1.